The second-order valence-electron chi connectivity index (χ2n) is 5.64. The molecule has 0 bridgehead atoms. The van der Waals surface area contributed by atoms with Gasteiger partial charge in [0.05, 0.1) is 12.6 Å². The Morgan fingerprint density at radius 1 is 1.59 bits per heavy atom. The maximum atomic E-state index is 12.8. The molecule has 5 nitrogen and oxygen atoms in total. The van der Waals surface area contributed by atoms with E-state index in [1.54, 1.807) is 23.7 Å². The van der Waals surface area contributed by atoms with Crippen LogP contribution in [0.1, 0.15) is 36.0 Å². The SMILES string of the molecule is CCCC(NCc1ncc[nH]1)C(=O)N1CCc2sccc2C1. The molecule has 1 unspecified atom stereocenters. The number of fused-ring (bicyclic) bond motifs is 1. The summed E-state index contributed by atoms with van der Waals surface area (Å²) in [6, 6.07) is 2.01. The third-order valence-electron chi connectivity index (χ3n) is 4.07. The molecule has 118 valence electrons. The molecule has 1 aliphatic heterocycles. The Bertz CT molecular complexity index is 607. The minimum atomic E-state index is -0.129. The Kier molecular flexibility index (Phi) is 4.90. The van der Waals surface area contributed by atoms with Crippen molar-refractivity contribution in [3.8, 4) is 0 Å². The Morgan fingerprint density at radius 3 is 3.27 bits per heavy atom. The van der Waals surface area contributed by atoms with E-state index in [2.05, 4.69) is 33.7 Å². The van der Waals surface area contributed by atoms with Gasteiger partial charge in [-0.1, -0.05) is 13.3 Å². The van der Waals surface area contributed by atoms with Crippen molar-refractivity contribution in [3.05, 3.63) is 40.1 Å². The minimum absolute atomic E-state index is 0.129. The summed E-state index contributed by atoms with van der Waals surface area (Å²) in [4.78, 5) is 23.5. The Morgan fingerprint density at radius 2 is 2.50 bits per heavy atom. The van der Waals surface area contributed by atoms with Crippen molar-refractivity contribution in [2.75, 3.05) is 6.54 Å². The van der Waals surface area contributed by atoms with Crippen LogP contribution < -0.4 is 5.32 Å². The smallest absolute Gasteiger partial charge is 0.240 e. The number of amides is 1. The first-order valence-electron chi connectivity index (χ1n) is 7.83. The van der Waals surface area contributed by atoms with E-state index in [1.165, 1.54) is 10.4 Å². The highest BCUT2D eigenvalue weighted by atomic mass is 32.1. The summed E-state index contributed by atoms with van der Waals surface area (Å²) in [6.07, 6.45) is 6.36. The van der Waals surface area contributed by atoms with Gasteiger partial charge in [0.15, 0.2) is 0 Å². The average Bonchev–Trinajstić information content (AvgIpc) is 3.20. The fourth-order valence-electron chi connectivity index (χ4n) is 2.87. The Hall–Kier alpha value is -1.66. The third-order valence-corrected chi connectivity index (χ3v) is 5.09. The number of hydrogen-bond donors (Lipinski definition) is 2. The number of hydrogen-bond acceptors (Lipinski definition) is 4. The highest BCUT2D eigenvalue weighted by molar-refractivity contribution is 7.10. The van der Waals surface area contributed by atoms with Gasteiger partial charge in [0.1, 0.15) is 5.82 Å². The lowest BCUT2D eigenvalue weighted by molar-refractivity contribution is -0.134. The van der Waals surface area contributed by atoms with E-state index < -0.39 is 0 Å². The largest absolute Gasteiger partial charge is 0.348 e. The van der Waals surface area contributed by atoms with Gasteiger partial charge in [-0.3, -0.25) is 10.1 Å². The molecule has 0 aliphatic carbocycles. The van der Waals surface area contributed by atoms with Crippen molar-refractivity contribution in [3.63, 3.8) is 0 Å². The Labute approximate surface area is 134 Å². The van der Waals surface area contributed by atoms with Crippen LogP contribution in [0.5, 0.6) is 0 Å². The van der Waals surface area contributed by atoms with Crippen LogP contribution in [0.25, 0.3) is 0 Å². The molecular weight excluding hydrogens is 296 g/mol. The maximum absolute atomic E-state index is 12.8. The fraction of sp³-hybridized carbons (Fsp3) is 0.500. The zero-order valence-electron chi connectivity index (χ0n) is 12.8. The van der Waals surface area contributed by atoms with Gasteiger partial charge in [0, 0.05) is 30.4 Å². The molecule has 1 aliphatic rings. The van der Waals surface area contributed by atoms with Gasteiger partial charge >= 0.3 is 0 Å². The van der Waals surface area contributed by atoms with Crippen LogP contribution in [0.2, 0.25) is 0 Å². The van der Waals surface area contributed by atoms with Gasteiger partial charge in [-0.15, -0.1) is 11.3 Å². The summed E-state index contributed by atoms with van der Waals surface area (Å²) < 4.78 is 0. The van der Waals surface area contributed by atoms with Crippen molar-refractivity contribution in [1.29, 1.82) is 0 Å². The average molecular weight is 318 g/mol. The van der Waals surface area contributed by atoms with Crippen molar-refractivity contribution in [2.45, 2.75) is 45.3 Å². The van der Waals surface area contributed by atoms with Crippen molar-refractivity contribution in [1.82, 2.24) is 20.2 Å². The molecule has 1 atom stereocenters. The van der Waals surface area contributed by atoms with E-state index in [0.29, 0.717) is 6.54 Å². The zero-order valence-corrected chi connectivity index (χ0v) is 13.7. The van der Waals surface area contributed by atoms with Crippen LogP contribution in [0.15, 0.2) is 23.8 Å². The maximum Gasteiger partial charge on any atom is 0.240 e. The molecule has 0 aromatic carbocycles. The summed E-state index contributed by atoms with van der Waals surface area (Å²) in [5, 5.41) is 5.48. The molecule has 0 spiro atoms. The second-order valence-corrected chi connectivity index (χ2v) is 6.64. The van der Waals surface area contributed by atoms with Gasteiger partial charge in [0.25, 0.3) is 0 Å². The van der Waals surface area contributed by atoms with E-state index >= 15 is 0 Å². The van der Waals surface area contributed by atoms with Gasteiger partial charge in [-0.05, 0) is 29.9 Å². The van der Waals surface area contributed by atoms with Crippen molar-refractivity contribution in [2.24, 2.45) is 0 Å². The van der Waals surface area contributed by atoms with E-state index in [9.17, 15) is 4.79 Å². The Balaban J connectivity index is 1.62. The summed E-state index contributed by atoms with van der Waals surface area (Å²) in [5.74, 6) is 1.08. The van der Waals surface area contributed by atoms with Crippen LogP contribution in [-0.4, -0.2) is 33.4 Å². The standard InChI is InChI=1S/C16H22N4OS/c1-2-3-13(19-10-15-17-6-7-18-15)16(21)20-8-4-14-12(11-20)5-9-22-14/h5-7,9,13,19H,2-4,8,10-11H2,1H3,(H,17,18). The number of nitrogens with zero attached hydrogens (tertiary/aromatic N) is 2. The lowest BCUT2D eigenvalue weighted by atomic mass is 10.1. The number of aromatic amines is 1. The fourth-order valence-corrected chi connectivity index (χ4v) is 3.76. The number of rotatable bonds is 6. The van der Waals surface area contributed by atoms with Gasteiger partial charge < -0.3 is 9.88 Å². The first-order chi connectivity index (χ1) is 10.8. The van der Waals surface area contributed by atoms with E-state index in [1.807, 2.05) is 4.90 Å². The van der Waals surface area contributed by atoms with E-state index in [4.69, 9.17) is 0 Å². The van der Waals surface area contributed by atoms with Crippen LogP contribution >= 0.6 is 11.3 Å². The van der Waals surface area contributed by atoms with Gasteiger partial charge in [-0.2, -0.15) is 0 Å². The molecule has 2 aromatic rings. The van der Waals surface area contributed by atoms with E-state index in [-0.39, 0.29) is 11.9 Å². The number of H-pyrrole nitrogens is 1. The van der Waals surface area contributed by atoms with Crippen molar-refractivity contribution >= 4 is 17.2 Å². The minimum Gasteiger partial charge on any atom is -0.348 e. The highest BCUT2D eigenvalue weighted by Crippen LogP contribution is 2.24. The predicted octanol–water partition coefficient (Wildman–Crippen LogP) is 2.31. The number of carbonyl (C=O) groups excluding carboxylic acids is 1. The second kappa shape index (κ2) is 7.07. The number of thiophene rings is 1. The molecular formula is C16H22N4OS. The number of aromatic nitrogens is 2. The molecule has 3 rings (SSSR count). The lowest BCUT2D eigenvalue weighted by Gasteiger charge is -2.30. The van der Waals surface area contributed by atoms with Crippen LogP contribution in [-0.2, 0) is 24.3 Å². The van der Waals surface area contributed by atoms with Crippen LogP contribution in [0, 0.1) is 0 Å². The van der Waals surface area contributed by atoms with Gasteiger partial charge in [-0.25, -0.2) is 4.98 Å². The molecule has 22 heavy (non-hydrogen) atoms. The molecule has 0 fully saturated rings. The zero-order chi connectivity index (χ0) is 15.4. The number of carbonyl (C=O) groups is 1. The predicted molar refractivity (Wildman–Crippen MR) is 87.6 cm³/mol. The molecule has 0 radical (unpaired) electrons. The molecule has 0 saturated heterocycles. The summed E-state index contributed by atoms with van der Waals surface area (Å²) in [5.41, 5.74) is 1.31. The normalized spacial score (nSPS) is 15.6. The summed E-state index contributed by atoms with van der Waals surface area (Å²) >= 11 is 1.80. The van der Waals surface area contributed by atoms with Crippen LogP contribution in [0.3, 0.4) is 0 Å². The topological polar surface area (TPSA) is 61.0 Å². The molecule has 2 aromatic heterocycles. The molecule has 0 saturated carbocycles. The molecule has 1 amide bonds. The van der Waals surface area contributed by atoms with Crippen LogP contribution in [0.4, 0.5) is 0 Å². The van der Waals surface area contributed by atoms with E-state index in [0.717, 1.165) is 38.2 Å². The quantitative estimate of drug-likeness (QED) is 0.859. The number of nitrogens with one attached hydrogen (secondary N) is 2. The molecule has 3 heterocycles. The molecule has 6 heteroatoms. The summed E-state index contributed by atoms with van der Waals surface area (Å²) in [7, 11) is 0. The highest BCUT2D eigenvalue weighted by Gasteiger charge is 2.27. The lowest BCUT2D eigenvalue weighted by Crippen LogP contribution is -2.47. The monoisotopic (exact) mass is 318 g/mol. The third kappa shape index (κ3) is 3.39. The van der Waals surface area contributed by atoms with Crippen molar-refractivity contribution < 1.29 is 4.79 Å². The summed E-state index contributed by atoms with van der Waals surface area (Å²) in [6.45, 7) is 4.29. The molecule has 2 N–H and O–H groups in total. The number of imidazole rings is 1. The van der Waals surface area contributed by atoms with Gasteiger partial charge in [0.2, 0.25) is 5.91 Å². The first-order valence-corrected chi connectivity index (χ1v) is 8.71. The first kappa shape index (κ1) is 15.2.